The molecule has 1 heterocycles. The quantitative estimate of drug-likeness (QED) is 0.467. The molecule has 0 spiro atoms. The number of nitrogens with one attached hydrogen (secondary N) is 1. The van der Waals surface area contributed by atoms with Crippen LogP contribution in [0.3, 0.4) is 0 Å². The van der Waals surface area contributed by atoms with Crippen molar-refractivity contribution < 1.29 is 19.0 Å². The second-order valence-electron chi connectivity index (χ2n) is 8.24. The summed E-state index contributed by atoms with van der Waals surface area (Å²) in [6.07, 6.45) is 0. The van der Waals surface area contributed by atoms with Crippen molar-refractivity contribution in [2.24, 2.45) is 0 Å². The zero-order valence-electron chi connectivity index (χ0n) is 20.8. The Bertz CT molecular complexity index is 1110. The minimum atomic E-state index is -0.0587. The number of carbonyl (C=O) groups excluding carboxylic acids is 1. The zero-order valence-corrected chi connectivity index (χ0v) is 20.8. The first-order valence-electron chi connectivity index (χ1n) is 11.2. The van der Waals surface area contributed by atoms with E-state index in [1.165, 1.54) is 5.56 Å². The van der Waals surface area contributed by atoms with Crippen LogP contribution in [-0.4, -0.2) is 55.5 Å². The van der Waals surface area contributed by atoms with Crippen molar-refractivity contribution in [3.63, 3.8) is 0 Å². The SMILES string of the molecule is COc1ccc(CN(C)CC(=O)NCc2c(C)nn(Cc3ccccc3)c2C)c(OC)c1OC. The van der Waals surface area contributed by atoms with Gasteiger partial charge in [-0.3, -0.25) is 14.4 Å². The van der Waals surface area contributed by atoms with Crippen molar-refractivity contribution >= 4 is 5.91 Å². The van der Waals surface area contributed by atoms with Gasteiger partial charge in [0, 0.05) is 29.9 Å². The molecule has 8 nitrogen and oxygen atoms in total. The van der Waals surface area contributed by atoms with Crippen LogP contribution < -0.4 is 19.5 Å². The molecule has 8 heteroatoms. The lowest BCUT2D eigenvalue weighted by molar-refractivity contribution is -0.122. The number of hydrogen-bond acceptors (Lipinski definition) is 6. The van der Waals surface area contributed by atoms with Crippen molar-refractivity contribution in [2.45, 2.75) is 33.5 Å². The summed E-state index contributed by atoms with van der Waals surface area (Å²) < 4.78 is 18.3. The first-order chi connectivity index (χ1) is 16.4. The van der Waals surface area contributed by atoms with E-state index in [2.05, 4.69) is 22.5 Å². The van der Waals surface area contributed by atoms with E-state index < -0.39 is 0 Å². The number of carbonyl (C=O) groups is 1. The van der Waals surface area contributed by atoms with E-state index in [0.29, 0.717) is 36.9 Å². The molecule has 1 N–H and O–H groups in total. The van der Waals surface area contributed by atoms with E-state index in [1.807, 2.05) is 60.8 Å². The summed E-state index contributed by atoms with van der Waals surface area (Å²) >= 11 is 0. The number of nitrogens with zero attached hydrogens (tertiary/aromatic N) is 3. The van der Waals surface area contributed by atoms with E-state index in [0.717, 1.165) is 22.5 Å². The van der Waals surface area contributed by atoms with Crippen LogP contribution in [0.5, 0.6) is 17.2 Å². The molecule has 3 aromatic rings. The minimum absolute atomic E-state index is 0.0587. The van der Waals surface area contributed by atoms with Gasteiger partial charge < -0.3 is 19.5 Å². The summed E-state index contributed by atoms with van der Waals surface area (Å²) in [4.78, 5) is 14.6. The Balaban J connectivity index is 1.59. The Morgan fingerprint density at radius 2 is 1.71 bits per heavy atom. The maximum absolute atomic E-state index is 12.7. The first-order valence-corrected chi connectivity index (χ1v) is 11.2. The van der Waals surface area contributed by atoms with Crippen LogP contribution >= 0.6 is 0 Å². The molecule has 0 unspecified atom stereocenters. The number of aryl methyl sites for hydroxylation is 1. The van der Waals surface area contributed by atoms with Crippen LogP contribution in [0.1, 0.15) is 28.1 Å². The fourth-order valence-corrected chi connectivity index (χ4v) is 4.02. The summed E-state index contributed by atoms with van der Waals surface area (Å²) in [5.74, 6) is 1.68. The molecule has 3 rings (SSSR count). The first kappa shape index (κ1) is 25.1. The molecule has 182 valence electrons. The molecule has 0 saturated carbocycles. The summed E-state index contributed by atoms with van der Waals surface area (Å²) in [6.45, 7) is 5.93. The monoisotopic (exact) mass is 466 g/mol. The molecule has 0 aliphatic carbocycles. The van der Waals surface area contributed by atoms with Gasteiger partial charge in [-0.2, -0.15) is 5.10 Å². The molecule has 1 aromatic heterocycles. The van der Waals surface area contributed by atoms with Crippen molar-refractivity contribution in [3.8, 4) is 17.2 Å². The van der Waals surface area contributed by atoms with Gasteiger partial charge in [-0.25, -0.2) is 0 Å². The summed E-state index contributed by atoms with van der Waals surface area (Å²) in [5.41, 5.74) is 5.14. The van der Waals surface area contributed by atoms with Gasteiger partial charge in [0.25, 0.3) is 0 Å². The van der Waals surface area contributed by atoms with E-state index in [1.54, 1.807) is 21.3 Å². The van der Waals surface area contributed by atoms with Gasteiger partial charge in [-0.15, -0.1) is 0 Å². The third kappa shape index (κ3) is 5.88. The number of likely N-dealkylation sites (N-methyl/N-ethyl adjacent to an activating group) is 1. The maximum atomic E-state index is 12.7. The maximum Gasteiger partial charge on any atom is 0.234 e. The fraction of sp³-hybridized carbons (Fsp3) is 0.385. The van der Waals surface area contributed by atoms with Crippen molar-refractivity contribution in [1.82, 2.24) is 20.0 Å². The molecule has 0 bridgehead atoms. The van der Waals surface area contributed by atoms with Crippen LogP contribution in [0, 0.1) is 13.8 Å². The summed E-state index contributed by atoms with van der Waals surface area (Å²) in [6, 6.07) is 14.0. The van der Waals surface area contributed by atoms with Crippen molar-refractivity contribution in [2.75, 3.05) is 34.9 Å². The fourth-order valence-electron chi connectivity index (χ4n) is 4.02. The van der Waals surface area contributed by atoms with E-state index in [9.17, 15) is 4.79 Å². The molecular formula is C26H34N4O4. The Kier molecular flexibility index (Phi) is 8.54. The smallest absolute Gasteiger partial charge is 0.234 e. The largest absolute Gasteiger partial charge is 0.493 e. The molecule has 34 heavy (non-hydrogen) atoms. The second-order valence-corrected chi connectivity index (χ2v) is 8.24. The van der Waals surface area contributed by atoms with Crippen LogP contribution in [0.2, 0.25) is 0 Å². The number of hydrogen-bond donors (Lipinski definition) is 1. The lowest BCUT2D eigenvalue weighted by Gasteiger charge is -2.20. The third-order valence-electron chi connectivity index (χ3n) is 5.81. The number of ether oxygens (including phenoxy) is 3. The van der Waals surface area contributed by atoms with Gasteiger partial charge in [-0.05, 0) is 32.5 Å². The lowest BCUT2D eigenvalue weighted by atomic mass is 10.1. The molecule has 1 amide bonds. The summed E-state index contributed by atoms with van der Waals surface area (Å²) in [7, 11) is 6.65. The third-order valence-corrected chi connectivity index (χ3v) is 5.81. The number of methoxy groups -OCH3 is 3. The van der Waals surface area contributed by atoms with Crippen LogP contribution in [0.25, 0.3) is 0 Å². The Labute approximate surface area is 201 Å². The molecule has 0 aliphatic rings. The van der Waals surface area contributed by atoms with Gasteiger partial charge in [0.1, 0.15) is 0 Å². The predicted molar refractivity (Wildman–Crippen MR) is 132 cm³/mol. The van der Waals surface area contributed by atoms with Crippen LogP contribution in [-0.2, 0) is 24.4 Å². The number of aromatic nitrogens is 2. The predicted octanol–water partition coefficient (Wildman–Crippen LogP) is 3.32. The number of amides is 1. The zero-order chi connectivity index (χ0) is 24.7. The van der Waals surface area contributed by atoms with Gasteiger partial charge in [0.2, 0.25) is 11.7 Å². The van der Waals surface area contributed by atoms with Crippen molar-refractivity contribution in [1.29, 1.82) is 0 Å². The van der Waals surface area contributed by atoms with E-state index in [-0.39, 0.29) is 12.5 Å². The van der Waals surface area contributed by atoms with Gasteiger partial charge in [0.15, 0.2) is 11.5 Å². The van der Waals surface area contributed by atoms with Crippen LogP contribution in [0.15, 0.2) is 42.5 Å². The highest BCUT2D eigenvalue weighted by Gasteiger charge is 2.18. The van der Waals surface area contributed by atoms with E-state index >= 15 is 0 Å². The number of benzene rings is 2. The highest BCUT2D eigenvalue weighted by molar-refractivity contribution is 5.78. The molecule has 0 aliphatic heterocycles. The molecule has 0 fully saturated rings. The Morgan fingerprint density at radius 1 is 1.00 bits per heavy atom. The molecule has 2 aromatic carbocycles. The highest BCUT2D eigenvalue weighted by atomic mass is 16.5. The standard InChI is InChI=1S/C26H34N4O4/c1-18-22(19(2)30(28-18)15-20-10-8-7-9-11-20)14-27-24(31)17-29(3)16-21-12-13-23(32-4)26(34-6)25(21)33-5/h7-13H,14-17H2,1-6H3,(H,27,31). The highest BCUT2D eigenvalue weighted by Crippen LogP contribution is 2.40. The topological polar surface area (TPSA) is 77.9 Å². The van der Waals surface area contributed by atoms with Crippen LogP contribution in [0.4, 0.5) is 0 Å². The summed E-state index contributed by atoms with van der Waals surface area (Å²) in [5, 5.41) is 7.70. The normalized spacial score (nSPS) is 10.9. The van der Waals surface area contributed by atoms with E-state index in [4.69, 9.17) is 14.2 Å². The molecular weight excluding hydrogens is 432 g/mol. The Morgan fingerprint density at radius 3 is 2.35 bits per heavy atom. The Hall–Kier alpha value is -3.52. The second kappa shape index (κ2) is 11.6. The molecule has 0 radical (unpaired) electrons. The average molecular weight is 467 g/mol. The molecule has 0 atom stereocenters. The van der Waals surface area contributed by atoms with Gasteiger partial charge in [0.05, 0.1) is 40.1 Å². The van der Waals surface area contributed by atoms with Crippen molar-refractivity contribution in [3.05, 3.63) is 70.5 Å². The van der Waals surface area contributed by atoms with Gasteiger partial charge in [-0.1, -0.05) is 36.4 Å². The minimum Gasteiger partial charge on any atom is -0.493 e. The van der Waals surface area contributed by atoms with Gasteiger partial charge >= 0.3 is 0 Å². The lowest BCUT2D eigenvalue weighted by Crippen LogP contribution is -2.34. The number of rotatable bonds is 11. The molecule has 0 saturated heterocycles. The average Bonchev–Trinajstić information content (AvgIpc) is 3.09.